The Labute approximate surface area is 139 Å². The molecule has 2 aromatic rings. The molecule has 22 heavy (non-hydrogen) atoms. The maximum Gasteiger partial charge on any atom is 0.272 e. The van der Waals surface area contributed by atoms with Gasteiger partial charge in [0.25, 0.3) is 5.91 Å². The molecule has 0 unspecified atom stereocenters. The summed E-state index contributed by atoms with van der Waals surface area (Å²) in [5.74, 6) is 0.807. The second-order valence-corrected chi connectivity index (χ2v) is 5.64. The van der Waals surface area contributed by atoms with Gasteiger partial charge in [-0.15, -0.1) is 0 Å². The molecule has 0 bridgehead atoms. The fraction of sp³-hybridized carbons (Fsp3) is 0.0714. The number of nitrogens with one attached hydrogen (secondary N) is 1. The lowest BCUT2D eigenvalue weighted by atomic mass is 10.2. The number of pyridine rings is 1. The van der Waals surface area contributed by atoms with E-state index < -0.39 is 0 Å². The molecule has 1 N–H and O–H groups in total. The van der Waals surface area contributed by atoms with E-state index in [1.54, 1.807) is 24.4 Å². The maximum absolute atomic E-state index is 11.9. The first-order chi connectivity index (χ1) is 10.6. The van der Waals surface area contributed by atoms with E-state index in [1.165, 1.54) is 12.4 Å². The van der Waals surface area contributed by atoms with E-state index in [2.05, 4.69) is 31.4 Å². The predicted octanol–water partition coefficient (Wildman–Crippen LogP) is 2.99. The largest absolute Gasteiger partial charge is 0.454 e. The van der Waals surface area contributed by atoms with Crippen molar-refractivity contribution < 1.29 is 14.3 Å². The van der Waals surface area contributed by atoms with Gasteiger partial charge in [0.1, 0.15) is 0 Å². The summed E-state index contributed by atoms with van der Waals surface area (Å²) in [4.78, 5) is 15.8. The molecule has 1 aliphatic heterocycles. The highest BCUT2D eigenvalue weighted by Gasteiger charge is 2.15. The Balaban J connectivity index is 1.71. The SMILES string of the molecule is O=C(NN=Cc1cc2c(cc1Cl)OCO2)c1cncc(Br)c1. The average Bonchev–Trinajstić information content (AvgIpc) is 2.94. The third kappa shape index (κ3) is 3.20. The lowest BCUT2D eigenvalue weighted by Crippen LogP contribution is -2.17. The van der Waals surface area contributed by atoms with E-state index in [9.17, 15) is 4.79 Å². The number of carbonyl (C=O) groups excluding carboxylic acids is 1. The Morgan fingerprint density at radius 3 is 2.86 bits per heavy atom. The van der Waals surface area contributed by atoms with E-state index in [1.807, 2.05) is 0 Å². The number of hydrazone groups is 1. The number of nitrogens with zero attached hydrogens (tertiary/aromatic N) is 2. The first-order valence-electron chi connectivity index (χ1n) is 6.16. The zero-order valence-electron chi connectivity index (χ0n) is 11.0. The van der Waals surface area contributed by atoms with Gasteiger partial charge in [0.2, 0.25) is 6.79 Å². The Bertz CT molecular complexity index is 767. The van der Waals surface area contributed by atoms with Crippen LogP contribution in [0.4, 0.5) is 0 Å². The van der Waals surface area contributed by atoms with Gasteiger partial charge in [0.15, 0.2) is 11.5 Å². The molecule has 1 aromatic heterocycles. The molecular weight excluding hydrogens is 374 g/mol. The van der Waals surface area contributed by atoms with Crippen LogP contribution in [0.25, 0.3) is 0 Å². The molecule has 0 saturated carbocycles. The summed E-state index contributed by atoms with van der Waals surface area (Å²) >= 11 is 9.35. The minimum atomic E-state index is -0.373. The molecule has 2 heterocycles. The van der Waals surface area contributed by atoms with E-state index >= 15 is 0 Å². The van der Waals surface area contributed by atoms with Crippen LogP contribution >= 0.6 is 27.5 Å². The number of carbonyl (C=O) groups is 1. The number of hydrogen-bond donors (Lipinski definition) is 1. The number of halogens is 2. The Hall–Kier alpha value is -2.12. The summed E-state index contributed by atoms with van der Waals surface area (Å²) in [6.45, 7) is 0.166. The highest BCUT2D eigenvalue weighted by atomic mass is 79.9. The van der Waals surface area contributed by atoms with Crippen LogP contribution in [0.3, 0.4) is 0 Å². The van der Waals surface area contributed by atoms with E-state index in [4.69, 9.17) is 21.1 Å². The molecule has 0 fully saturated rings. The van der Waals surface area contributed by atoms with Crippen LogP contribution in [0.2, 0.25) is 5.02 Å². The molecule has 0 atom stereocenters. The zero-order valence-corrected chi connectivity index (χ0v) is 13.4. The minimum absolute atomic E-state index is 0.166. The Morgan fingerprint density at radius 1 is 1.32 bits per heavy atom. The van der Waals surface area contributed by atoms with Crippen molar-refractivity contribution in [3.8, 4) is 11.5 Å². The van der Waals surface area contributed by atoms with Crippen molar-refractivity contribution in [1.82, 2.24) is 10.4 Å². The molecule has 0 spiro atoms. The number of hydrogen-bond acceptors (Lipinski definition) is 5. The standard InChI is InChI=1S/C14H9BrClN3O3/c15-10-1-9(4-17-6-10)14(20)19-18-5-8-2-12-13(3-11(8)16)22-7-21-12/h1-6H,7H2,(H,19,20). The van der Waals surface area contributed by atoms with Crippen molar-refractivity contribution in [3.63, 3.8) is 0 Å². The van der Waals surface area contributed by atoms with Crippen molar-refractivity contribution in [3.05, 3.63) is 51.2 Å². The van der Waals surface area contributed by atoms with Gasteiger partial charge in [-0.2, -0.15) is 5.10 Å². The van der Waals surface area contributed by atoms with Gasteiger partial charge < -0.3 is 9.47 Å². The minimum Gasteiger partial charge on any atom is -0.454 e. The molecule has 3 rings (SSSR count). The molecule has 0 aliphatic carbocycles. The monoisotopic (exact) mass is 381 g/mol. The summed E-state index contributed by atoms with van der Waals surface area (Å²) < 4.78 is 11.2. The molecule has 8 heteroatoms. The van der Waals surface area contributed by atoms with E-state index in [-0.39, 0.29) is 12.7 Å². The topological polar surface area (TPSA) is 72.8 Å². The van der Waals surface area contributed by atoms with Gasteiger partial charge in [0.05, 0.1) is 16.8 Å². The first-order valence-corrected chi connectivity index (χ1v) is 7.33. The molecule has 6 nitrogen and oxygen atoms in total. The highest BCUT2D eigenvalue weighted by molar-refractivity contribution is 9.10. The fourth-order valence-corrected chi connectivity index (χ4v) is 2.36. The van der Waals surface area contributed by atoms with Gasteiger partial charge in [-0.1, -0.05) is 11.6 Å². The van der Waals surface area contributed by atoms with Gasteiger partial charge >= 0.3 is 0 Å². The number of rotatable bonds is 3. The van der Waals surface area contributed by atoms with Crippen LogP contribution in [0, 0.1) is 0 Å². The number of ether oxygens (including phenoxy) is 2. The van der Waals surface area contributed by atoms with Gasteiger partial charge in [-0.25, -0.2) is 5.43 Å². The third-order valence-electron chi connectivity index (χ3n) is 2.83. The molecule has 1 aliphatic rings. The normalized spacial score (nSPS) is 12.6. The number of aromatic nitrogens is 1. The predicted molar refractivity (Wildman–Crippen MR) is 84.6 cm³/mol. The van der Waals surface area contributed by atoms with Crippen molar-refractivity contribution >= 4 is 39.7 Å². The van der Waals surface area contributed by atoms with Crippen molar-refractivity contribution in [2.24, 2.45) is 5.10 Å². The van der Waals surface area contributed by atoms with Crippen LogP contribution < -0.4 is 14.9 Å². The zero-order chi connectivity index (χ0) is 15.5. The summed E-state index contributed by atoms with van der Waals surface area (Å²) in [6.07, 6.45) is 4.48. The molecule has 112 valence electrons. The summed E-state index contributed by atoms with van der Waals surface area (Å²) in [5, 5.41) is 4.34. The summed E-state index contributed by atoms with van der Waals surface area (Å²) in [7, 11) is 0. The molecular formula is C14H9BrClN3O3. The van der Waals surface area contributed by atoms with E-state index in [0.29, 0.717) is 32.1 Å². The van der Waals surface area contributed by atoms with Crippen molar-refractivity contribution in [1.29, 1.82) is 0 Å². The number of amides is 1. The van der Waals surface area contributed by atoms with E-state index in [0.717, 1.165) is 0 Å². The van der Waals surface area contributed by atoms with Gasteiger partial charge in [-0.3, -0.25) is 9.78 Å². The lowest BCUT2D eigenvalue weighted by molar-refractivity contribution is 0.0954. The number of benzene rings is 1. The fourth-order valence-electron chi connectivity index (χ4n) is 1.79. The molecule has 1 amide bonds. The quantitative estimate of drug-likeness (QED) is 0.654. The smallest absolute Gasteiger partial charge is 0.272 e. The first kappa shape index (κ1) is 14.8. The maximum atomic E-state index is 11.9. The second kappa shape index (κ2) is 6.33. The van der Waals surface area contributed by atoms with Gasteiger partial charge in [0, 0.05) is 28.5 Å². The summed E-state index contributed by atoms with van der Waals surface area (Å²) in [5.41, 5.74) is 3.41. The molecule has 0 saturated heterocycles. The third-order valence-corrected chi connectivity index (χ3v) is 3.59. The average molecular weight is 383 g/mol. The van der Waals surface area contributed by atoms with Crippen LogP contribution in [0.1, 0.15) is 15.9 Å². The Morgan fingerprint density at radius 2 is 2.09 bits per heavy atom. The lowest BCUT2D eigenvalue weighted by Gasteiger charge is -2.02. The molecule has 1 aromatic carbocycles. The Kier molecular flexibility index (Phi) is 4.26. The van der Waals surface area contributed by atoms with Crippen LogP contribution in [0.5, 0.6) is 11.5 Å². The van der Waals surface area contributed by atoms with Crippen LogP contribution in [-0.2, 0) is 0 Å². The highest BCUT2D eigenvalue weighted by Crippen LogP contribution is 2.36. The van der Waals surface area contributed by atoms with Crippen molar-refractivity contribution in [2.45, 2.75) is 0 Å². The second-order valence-electron chi connectivity index (χ2n) is 4.32. The van der Waals surface area contributed by atoms with Gasteiger partial charge in [-0.05, 0) is 28.1 Å². The number of fused-ring (bicyclic) bond motifs is 1. The van der Waals surface area contributed by atoms with Crippen molar-refractivity contribution in [2.75, 3.05) is 6.79 Å². The molecule has 0 radical (unpaired) electrons. The van der Waals surface area contributed by atoms with Crippen LogP contribution in [0.15, 0.2) is 40.2 Å². The van der Waals surface area contributed by atoms with Crippen LogP contribution in [-0.4, -0.2) is 23.9 Å². The summed E-state index contributed by atoms with van der Waals surface area (Å²) in [6, 6.07) is 4.98.